The van der Waals surface area contributed by atoms with E-state index >= 15 is 0 Å². The van der Waals surface area contributed by atoms with Crippen molar-refractivity contribution >= 4 is 0 Å². The van der Waals surface area contributed by atoms with E-state index in [9.17, 15) is 0 Å². The number of fused-ring (bicyclic) bond motifs is 3. The summed E-state index contributed by atoms with van der Waals surface area (Å²) >= 11 is 0. The van der Waals surface area contributed by atoms with Gasteiger partial charge >= 0.3 is 0 Å². The number of para-hydroxylation sites is 1. The van der Waals surface area contributed by atoms with Gasteiger partial charge in [0, 0.05) is 18.5 Å². The zero-order chi connectivity index (χ0) is 14.1. The fourth-order valence-electron chi connectivity index (χ4n) is 4.41. The molecule has 0 spiro atoms. The van der Waals surface area contributed by atoms with Gasteiger partial charge in [0.25, 0.3) is 0 Å². The van der Waals surface area contributed by atoms with Crippen molar-refractivity contribution in [2.45, 2.75) is 38.6 Å². The smallest absolute Gasteiger partial charge is 0.165 e. The molecule has 114 valence electrons. The van der Waals surface area contributed by atoms with Crippen molar-refractivity contribution < 1.29 is 9.47 Å². The van der Waals surface area contributed by atoms with Crippen LogP contribution in [0.15, 0.2) is 18.2 Å². The molecule has 1 heterocycles. The summed E-state index contributed by atoms with van der Waals surface area (Å²) in [4.78, 5) is 0. The summed E-state index contributed by atoms with van der Waals surface area (Å²) in [6, 6.07) is 6.24. The maximum atomic E-state index is 5.89. The molecule has 2 aliphatic carbocycles. The first-order valence-corrected chi connectivity index (χ1v) is 8.48. The van der Waals surface area contributed by atoms with Crippen molar-refractivity contribution in [3.8, 4) is 11.5 Å². The lowest BCUT2D eigenvalue weighted by molar-refractivity contribution is 0.295. The van der Waals surface area contributed by atoms with Crippen LogP contribution in [0.1, 0.15) is 37.7 Å². The highest BCUT2D eigenvalue weighted by atomic mass is 16.5. The molecule has 2 fully saturated rings. The molecule has 3 unspecified atom stereocenters. The number of hydrogen-bond donors (Lipinski definition) is 1. The largest absolute Gasteiger partial charge is 0.490 e. The minimum atomic E-state index is 0.759. The van der Waals surface area contributed by atoms with E-state index in [-0.39, 0.29) is 0 Å². The SMILES string of the molecule is c1cc(CNCC2CC3CCC2C3)c2c(c1)OCCCO2. The molecular weight excluding hydrogens is 262 g/mol. The summed E-state index contributed by atoms with van der Waals surface area (Å²) in [6.45, 7) is 3.57. The molecule has 0 saturated heterocycles. The Kier molecular flexibility index (Phi) is 3.76. The summed E-state index contributed by atoms with van der Waals surface area (Å²) in [5, 5.41) is 3.66. The van der Waals surface area contributed by atoms with Crippen LogP contribution in [0.5, 0.6) is 11.5 Å². The second-order valence-corrected chi connectivity index (χ2v) is 6.86. The van der Waals surface area contributed by atoms with Crippen molar-refractivity contribution in [2.75, 3.05) is 19.8 Å². The molecule has 1 aromatic rings. The first-order valence-electron chi connectivity index (χ1n) is 8.48. The van der Waals surface area contributed by atoms with Crippen LogP contribution in [0.4, 0.5) is 0 Å². The zero-order valence-corrected chi connectivity index (χ0v) is 12.6. The average Bonchev–Trinajstić information content (AvgIpc) is 3.03. The topological polar surface area (TPSA) is 30.5 Å². The van der Waals surface area contributed by atoms with Crippen molar-refractivity contribution in [1.82, 2.24) is 5.32 Å². The van der Waals surface area contributed by atoms with Crippen molar-refractivity contribution in [3.63, 3.8) is 0 Å². The quantitative estimate of drug-likeness (QED) is 0.921. The standard InChI is InChI=1S/C18H25NO2/c1-3-15(18-17(4-1)20-7-2-8-21-18)11-19-12-16-10-13-5-6-14(16)9-13/h1,3-4,13-14,16,19H,2,5-12H2. The molecule has 1 aliphatic heterocycles. The summed E-state index contributed by atoms with van der Waals surface area (Å²) < 4.78 is 11.6. The van der Waals surface area contributed by atoms with Gasteiger partial charge in [-0.1, -0.05) is 18.6 Å². The average molecular weight is 287 g/mol. The van der Waals surface area contributed by atoms with E-state index < -0.39 is 0 Å². The van der Waals surface area contributed by atoms with Gasteiger partial charge in [-0.15, -0.1) is 0 Å². The Bertz CT molecular complexity index is 502. The predicted octanol–water partition coefficient (Wildman–Crippen LogP) is 3.37. The summed E-state index contributed by atoms with van der Waals surface area (Å²) in [5.74, 6) is 4.80. The van der Waals surface area contributed by atoms with Crippen LogP contribution in [0, 0.1) is 17.8 Å². The normalized spacial score (nSPS) is 30.4. The van der Waals surface area contributed by atoms with Gasteiger partial charge in [-0.25, -0.2) is 0 Å². The number of rotatable bonds is 4. The molecule has 3 nitrogen and oxygen atoms in total. The minimum Gasteiger partial charge on any atom is -0.490 e. The van der Waals surface area contributed by atoms with E-state index in [2.05, 4.69) is 17.4 Å². The Hall–Kier alpha value is -1.22. The minimum absolute atomic E-state index is 0.759. The Balaban J connectivity index is 1.36. The lowest BCUT2D eigenvalue weighted by atomic mass is 9.89. The highest BCUT2D eigenvalue weighted by molar-refractivity contribution is 5.47. The summed E-state index contributed by atoms with van der Waals surface area (Å²) in [7, 11) is 0. The Morgan fingerprint density at radius 3 is 2.90 bits per heavy atom. The van der Waals surface area contributed by atoms with Gasteiger partial charge in [-0.3, -0.25) is 0 Å². The second-order valence-electron chi connectivity index (χ2n) is 6.86. The van der Waals surface area contributed by atoms with Crippen molar-refractivity contribution in [1.29, 1.82) is 0 Å². The Morgan fingerprint density at radius 2 is 2.05 bits per heavy atom. The van der Waals surface area contributed by atoms with Gasteiger partial charge in [-0.05, 0) is 49.6 Å². The molecule has 0 aromatic heterocycles. The molecule has 1 N–H and O–H groups in total. The van der Waals surface area contributed by atoms with Crippen LogP contribution in [0.2, 0.25) is 0 Å². The van der Waals surface area contributed by atoms with E-state index in [0.717, 1.165) is 62.0 Å². The van der Waals surface area contributed by atoms with E-state index in [1.807, 2.05) is 6.07 Å². The number of ether oxygens (including phenoxy) is 2. The van der Waals surface area contributed by atoms with Gasteiger partial charge in [-0.2, -0.15) is 0 Å². The fraction of sp³-hybridized carbons (Fsp3) is 0.667. The summed E-state index contributed by atoms with van der Waals surface area (Å²) in [5.41, 5.74) is 1.23. The maximum absolute atomic E-state index is 5.89. The van der Waals surface area contributed by atoms with E-state index in [1.165, 1.54) is 31.2 Å². The van der Waals surface area contributed by atoms with Crippen LogP contribution >= 0.6 is 0 Å². The third-order valence-electron chi connectivity index (χ3n) is 5.46. The number of hydrogen-bond acceptors (Lipinski definition) is 3. The van der Waals surface area contributed by atoms with E-state index in [0.29, 0.717) is 0 Å². The van der Waals surface area contributed by atoms with Gasteiger partial charge in [0.05, 0.1) is 13.2 Å². The Morgan fingerprint density at radius 1 is 1.10 bits per heavy atom. The molecule has 1 aromatic carbocycles. The maximum Gasteiger partial charge on any atom is 0.165 e. The van der Waals surface area contributed by atoms with Crippen LogP contribution in [-0.2, 0) is 6.54 Å². The lowest BCUT2D eigenvalue weighted by Crippen LogP contribution is -2.26. The second kappa shape index (κ2) is 5.88. The monoisotopic (exact) mass is 287 g/mol. The summed E-state index contributed by atoms with van der Waals surface area (Å²) in [6.07, 6.45) is 6.86. The van der Waals surface area contributed by atoms with Crippen LogP contribution in [0.25, 0.3) is 0 Å². The third-order valence-corrected chi connectivity index (χ3v) is 5.46. The molecule has 2 saturated carbocycles. The molecule has 3 aliphatic rings. The van der Waals surface area contributed by atoms with Crippen molar-refractivity contribution in [3.05, 3.63) is 23.8 Å². The number of nitrogens with one attached hydrogen (secondary N) is 1. The van der Waals surface area contributed by atoms with Crippen molar-refractivity contribution in [2.24, 2.45) is 17.8 Å². The highest BCUT2D eigenvalue weighted by Gasteiger charge is 2.38. The molecule has 4 rings (SSSR count). The highest BCUT2D eigenvalue weighted by Crippen LogP contribution is 2.48. The molecule has 3 heteroatoms. The lowest BCUT2D eigenvalue weighted by Gasteiger charge is -2.22. The van der Waals surface area contributed by atoms with Gasteiger partial charge < -0.3 is 14.8 Å². The molecule has 0 amide bonds. The van der Waals surface area contributed by atoms with Gasteiger partial charge in [0.2, 0.25) is 0 Å². The molecule has 2 bridgehead atoms. The van der Waals surface area contributed by atoms with Gasteiger partial charge in [0.1, 0.15) is 0 Å². The molecule has 0 radical (unpaired) electrons. The van der Waals surface area contributed by atoms with E-state index in [1.54, 1.807) is 0 Å². The molecule has 21 heavy (non-hydrogen) atoms. The molecule has 3 atom stereocenters. The first-order chi connectivity index (χ1) is 10.4. The van der Waals surface area contributed by atoms with E-state index in [4.69, 9.17) is 9.47 Å². The first kappa shape index (κ1) is 13.4. The predicted molar refractivity (Wildman–Crippen MR) is 82.7 cm³/mol. The van der Waals surface area contributed by atoms with Crippen LogP contribution in [-0.4, -0.2) is 19.8 Å². The van der Waals surface area contributed by atoms with Gasteiger partial charge in [0.15, 0.2) is 11.5 Å². The molecular formula is C18H25NO2. The third kappa shape index (κ3) is 2.76. The fourth-order valence-corrected chi connectivity index (χ4v) is 4.41. The van der Waals surface area contributed by atoms with Crippen LogP contribution < -0.4 is 14.8 Å². The number of benzene rings is 1. The van der Waals surface area contributed by atoms with Crippen LogP contribution in [0.3, 0.4) is 0 Å². The zero-order valence-electron chi connectivity index (χ0n) is 12.6. The Labute approximate surface area is 127 Å².